The number of alkyl halides is 6. The van der Waals surface area contributed by atoms with Crippen LogP contribution in [0.3, 0.4) is 0 Å². The molecule has 0 radical (unpaired) electrons. The molecule has 1 heterocycles. The molecule has 2 aromatic rings. The van der Waals surface area contributed by atoms with Crippen LogP contribution < -0.4 is 0 Å². The Morgan fingerprint density at radius 1 is 0.976 bits per heavy atom. The Labute approximate surface area is 234 Å². The van der Waals surface area contributed by atoms with Gasteiger partial charge in [-0.05, 0) is 88.1 Å². The summed E-state index contributed by atoms with van der Waals surface area (Å²) in [5.74, 6) is -3.06. The molecular formula is C29H33F7N2O3. The molecule has 1 saturated heterocycles. The normalized spacial score (nSPS) is 19.1. The van der Waals surface area contributed by atoms with Gasteiger partial charge in [-0.1, -0.05) is 6.07 Å². The van der Waals surface area contributed by atoms with Gasteiger partial charge in [-0.15, -0.1) is 0 Å². The number of hydrogen-bond acceptors (Lipinski definition) is 3. The van der Waals surface area contributed by atoms with Crippen molar-refractivity contribution in [2.45, 2.75) is 76.9 Å². The molecule has 2 amide bonds. The molecule has 1 fully saturated rings. The van der Waals surface area contributed by atoms with E-state index in [1.807, 2.05) is 0 Å². The first-order valence-corrected chi connectivity index (χ1v) is 13.0. The highest BCUT2D eigenvalue weighted by Gasteiger charge is 2.41. The van der Waals surface area contributed by atoms with Crippen LogP contribution in [0.25, 0.3) is 0 Å². The summed E-state index contributed by atoms with van der Waals surface area (Å²) < 4.78 is 100.0. The highest BCUT2D eigenvalue weighted by molar-refractivity contribution is 5.83. The maximum atomic E-state index is 13.9. The number of halogens is 7. The predicted octanol–water partition coefficient (Wildman–Crippen LogP) is 7.53. The second-order valence-electron chi connectivity index (χ2n) is 11.4. The van der Waals surface area contributed by atoms with E-state index in [0.29, 0.717) is 23.3 Å². The van der Waals surface area contributed by atoms with E-state index in [-0.39, 0.29) is 25.6 Å². The molecule has 3 rings (SSSR count). The maximum Gasteiger partial charge on any atom is 0.416 e. The monoisotopic (exact) mass is 590 g/mol. The Morgan fingerprint density at radius 3 is 2.02 bits per heavy atom. The van der Waals surface area contributed by atoms with E-state index in [9.17, 15) is 40.3 Å². The van der Waals surface area contributed by atoms with Crippen molar-refractivity contribution in [2.24, 2.45) is 0 Å². The van der Waals surface area contributed by atoms with E-state index in [4.69, 9.17) is 4.74 Å². The number of aryl methyl sites for hydroxylation is 1. The summed E-state index contributed by atoms with van der Waals surface area (Å²) in [6.45, 7) is 8.35. The second-order valence-corrected chi connectivity index (χ2v) is 11.4. The highest BCUT2D eigenvalue weighted by atomic mass is 19.4. The number of carbonyl (C=O) groups is 2. The zero-order chi connectivity index (χ0) is 31.1. The molecular weight excluding hydrogens is 557 g/mol. The maximum absolute atomic E-state index is 13.9. The molecule has 0 bridgehead atoms. The van der Waals surface area contributed by atoms with E-state index in [2.05, 4.69) is 0 Å². The van der Waals surface area contributed by atoms with Crippen molar-refractivity contribution in [2.75, 3.05) is 20.1 Å². The summed E-state index contributed by atoms with van der Waals surface area (Å²) in [6.07, 6.45) is -10.4. The Balaban J connectivity index is 1.97. The SMILES string of the molecule is Cc1cc(F)ccc1[C@@H]1CN(C(=O)OC(C)(C)C)CC[C@@H]1N(C)C(=O)[C@H](C)c1cc(C(F)(F)F)cc(C(F)(F)F)c1. The molecule has 0 saturated carbocycles. The average molecular weight is 591 g/mol. The van der Waals surface area contributed by atoms with E-state index in [1.165, 1.54) is 35.9 Å². The van der Waals surface area contributed by atoms with E-state index in [1.54, 1.807) is 33.8 Å². The minimum atomic E-state index is -5.05. The van der Waals surface area contributed by atoms with Gasteiger partial charge in [0.1, 0.15) is 11.4 Å². The minimum Gasteiger partial charge on any atom is -0.444 e. The minimum absolute atomic E-state index is 0.0180. The van der Waals surface area contributed by atoms with Crippen LogP contribution in [0.2, 0.25) is 0 Å². The van der Waals surface area contributed by atoms with Crippen LogP contribution in [0.15, 0.2) is 36.4 Å². The Hall–Kier alpha value is -3.31. The third-order valence-electron chi connectivity index (χ3n) is 7.18. The molecule has 0 aliphatic carbocycles. The molecule has 1 aliphatic rings. The van der Waals surface area contributed by atoms with Crippen molar-refractivity contribution in [3.8, 4) is 0 Å². The zero-order valence-corrected chi connectivity index (χ0v) is 23.6. The first-order valence-electron chi connectivity index (χ1n) is 13.0. The van der Waals surface area contributed by atoms with Crippen molar-refractivity contribution in [3.63, 3.8) is 0 Å². The fraction of sp³-hybridized carbons (Fsp3) is 0.517. The predicted molar refractivity (Wildman–Crippen MR) is 138 cm³/mol. The van der Waals surface area contributed by atoms with Crippen molar-refractivity contribution in [3.05, 3.63) is 70.0 Å². The van der Waals surface area contributed by atoms with Gasteiger partial charge in [0.05, 0.1) is 17.0 Å². The summed E-state index contributed by atoms with van der Waals surface area (Å²) in [5.41, 5.74) is -2.99. The number of nitrogens with zero attached hydrogens (tertiary/aromatic N) is 2. The lowest BCUT2D eigenvalue weighted by atomic mass is 9.82. The third-order valence-corrected chi connectivity index (χ3v) is 7.18. The summed E-state index contributed by atoms with van der Waals surface area (Å²) in [5, 5.41) is 0. The van der Waals surface area contributed by atoms with Gasteiger partial charge in [-0.25, -0.2) is 9.18 Å². The van der Waals surface area contributed by atoms with Crippen LogP contribution >= 0.6 is 0 Å². The lowest BCUT2D eigenvalue weighted by molar-refractivity contribution is -0.143. The molecule has 1 aliphatic heterocycles. The Bertz CT molecular complexity index is 1250. The smallest absolute Gasteiger partial charge is 0.416 e. The topological polar surface area (TPSA) is 49.9 Å². The zero-order valence-electron chi connectivity index (χ0n) is 23.6. The van der Waals surface area contributed by atoms with Gasteiger partial charge in [-0.3, -0.25) is 4.79 Å². The highest BCUT2D eigenvalue weighted by Crippen LogP contribution is 2.39. The van der Waals surface area contributed by atoms with Gasteiger partial charge in [0.15, 0.2) is 0 Å². The molecule has 0 unspecified atom stereocenters. The Morgan fingerprint density at radius 2 is 1.54 bits per heavy atom. The molecule has 3 atom stereocenters. The number of amides is 2. The van der Waals surface area contributed by atoms with Crippen molar-refractivity contribution in [1.29, 1.82) is 0 Å². The fourth-order valence-electron chi connectivity index (χ4n) is 5.10. The first-order chi connectivity index (χ1) is 18.7. The lowest BCUT2D eigenvalue weighted by Gasteiger charge is -2.44. The van der Waals surface area contributed by atoms with Gasteiger partial charge in [0.25, 0.3) is 0 Å². The molecule has 41 heavy (non-hydrogen) atoms. The summed E-state index contributed by atoms with van der Waals surface area (Å²) in [7, 11) is 1.43. The Kier molecular flexibility index (Phi) is 9.05. The van der Waals surface area contributed by atoms with Crippen LogP contribution in [-0.2, 0) is 21.9 Å². The number of ether oxygens (including phenoxy) is 1. The summed E-state index contributed by atoms with van der Waals surface area (Å²) in [6, 6.07) is 4.63. The van der Waals surface area contributed by atoms with Crippen LogP contribution in [0.1, 0.15) is 73.8 Å². The fourth-order valence-corrected chi connectivity index (χ4v) is 5.10. The number of piperidine rings is 1. The first kappa shape index (κ1) is 32.2. The van der Waals surface area contributed by atoms with Gasteiger partial charge in [-0.2, -0.15) is 26.3 Å². The number of likely N-dealkylation sites (N-methyl/N-ethyl adjacent to an activating group) is 1. The number of rotatable bonds is 4. The number of carbonyl (C=O) groups excluding carboxylic acids is 2. The molecule has 226 valence electrons. The summed E-state index contributed by atoms with van der Waals surface area (Å²) in [4.78, 5) is 29.2. The quantitative estimate of drug-likeness (QED) is 0.346. The number of hydrogen-bond donors (Lipinski definition) is 0. The van der Waals surface area contributed by atoms with E-state index < -0.39 is 70.3 Å². The van der Waals surface area contributed by atoms with Crippen molar-refractivity contribution < 1.29 is 45.1 Å². The number of benzene rings is 2. The molecule has 2 aromatic carbocycles. The van der Waals surface area contributed by atoms with Crippen molar-refractivity contribution in [1.82, 2.24) is 9.80 Å². The van der Waals surface area contributed by atoms with Crippen molar-refractivity contribution >= 4 is 12.0 Å². The molecule has 0 N–H and O–H groups in total. The lowest BCUT2D eigenvalue weighted by Crippen LogP contribution is -2.53. The van der Waals surface area contributed by atoms with Gasteiger partial charge in [0, 0.05) is 32.1 Å². The van der Waals surface area contributed by atoms with Crippen LogP contribution in [0.4, 0.5) is 35.5 Å². The van der Waals surface area contributed by atoms with Gasteiger partial charge in [0.2, 0.25) is 5.91 Å². The molecule has 12 heteroatoms. The summed E-state index contributed by atoms with van der Waals surface area (Å²) >= 11 is 0. The van der Waals surface area contributed by atoms with Crippen LogP contribution in [0, 0.1) is 12.7 Å². The second kappa shape index (κ2) is 11.5. The molecule has 0 spiro atoms. The van der Waals surface area contributed by atoms with E-state index >= 15 is 0 Å². The van der Waals surface area contributed by atoms with Crippen LogP contribution in [-0.4, -0.2) is 53.6 Å². The van der Waals surface area contributed by atoms with Crippen LogP contribution in [0.5, 0.6) is 0 Å². The van der Waals surface area contributed by atoms with E-state index in [0.717, 1.165) is 0 Å². The largest absolute Gasteiger partial charge is 0.444 e. The average Bonchev–Trinajstić information content (AvgIpc) is 2.84. The number of likely N-dealkylation sites (tertiary alicyclic amines) is 1. The van der Waals surface area contributed by atoms with Gasteiger partial charge < -0.3 is 14.5 Å². The molecule has 0 aromatic heterocycles. The molecule has 5 nitrogen and oxygen atoms in total. The van der Waals surface area contributed by atoms with Gasteiger partial charge >= 0.3 is 18.4 Å². The standard InChI is InChI=1S/C29H33F7N2O3/c1-16-11-21(30)7-8-22(16)23-15-38(26(40)41-27(3,4)5)10-9-24(23)37(6)25(39)17(2)18-12-19(28(31,32)33)14-20(13-18)29(34,35)36/h7-8,11-14,17,23-24H,9-10,15H2,1-6H3/t17-,23+,24+/m1/s1. The third kappa shape index (κ3) is 7.71.